The van der Waals surface area contributed by atoms with Crippen LogP contribution in [-0.4, -0.2) is 24.3 Å². The van der Waals surface area contributed by atoms with E-state index >= 15 is 0 Å². The Hall–Kier alpha value is -0.0231. The van der Waals surface area contributed by atoms with Crippen LogP contribution in [0.2, 0.25) is 0 Å². The first-order valence-electron chi connectivity index (χ1n) is 4.33. The van der Waals surface area contributed by atoms with Crippen molar-refractivity contribution >= 4 is 25.8 Å². The van der Waals surface area contributed by atoms with E-state index in [0.29, 0.717) is 5.54 Å². The highest BCUT2D eigenvalue weighted by Crippen LogP contribution is 2.21. The van der Waals surface area contributed by atoms with Gasteiger partial charge in [-0.05, 0) is 32.6 Å². The van der Waals surface area contributed by atoms with Crippen LogP contribution in [0.3, 0.4) is 0 Å². The highest BCUT2D eigenvalue weighted by Gasteiger charge is 2.27. The standard InChI is InChI=1S/C9H18NSSi/c1-7-6-8(2)11-12-10(7)9(3,4)5/h6H,12H2,1-5H3/q+1. The maximum atomic E-state index is 2.57. The number of nitrogens with zero attached hydrogens (tertiary/aromatic N) is 1. The third-order valence-electron chi connectivity index (χ3n) is 2.07. The van der Waals surface area contributed by atoms with Gasteiger partial charge in [-0.15, -0.1) is 0 Å². The van der Waals surface area contributed by atoms with Crippen LogP contribution in [0.1, 0.15) is 34.6 Å². The van der Waals surface area contributed by atoms with Crippen LogP contribution < -0.4 is 0 Å². The summed E-state index contributed by atoms with van der Waals surface area (Å²) in [6.07, 6.45) is 2.30. The Morgan fingerprint density at radius 3 is 2.33 bits per heavy atom. The van der Waals surface area contributed by atoms with Gasteiger partial charge in [0.05, 0.1) is 0 Å². The van der Waals surface area contributed by atoms with Crippen molar-refractivity contribution in [2.45, 2.75) is 40.2 Å². The van der Waals surface area contributed by atoms with Gasteiger partial charge in [-0.1, -0.05) is 11.2 Å². The van der Waals surface area contributed by atoms with E-state index in [9.17, 15) is 0 Å². The molecule has 0 unspecified atom stereocenters. The zero-order chi connectivity index (χ0) is 9.35. The van der Waals surface area contributed by atoms with Crippen molar-refractivity contribution in [3.8, 4) is 0 Å². The van der Waals surface area contributed by atoms with E-state index in [2.05, 4.69) is 56.1 Å². The van der Waals surface area contributed by atoms with Gasteiger partial charge >= 0.3 is 8.83 Å². The van der Waals surface area contributed by atoms with E-state index in [1.807, 2.05) is 0 Å². The number of hydrogen-bond acceptors (Lipinski definition) is 1. The molecule has 1 rings (SSSR count). The Balaban J connectivity index is 2.98. The molecule has 0 amide bonds. The van der Waals surface area contributed by atoms with Crippen LogP contribution >= 0.6 is 11.2 Å². The van der Waals surface area contributed by atoms with Gasteiger partial charge in [0.25, 0.3) is 0 Å². The highest BCUT2D eigenvalue weighted by molar-refractivity contribution is 8.24. The second kappa shape index (κ2) is 3.38. The third kappa shape index (κ3) is 2.23. The molecule has 68 valence electrons. The molecule has 0 aliphatic carbocycles. The van der Waals surface area contributed by atoms with Crippen LogP contribution in [0.25, 0.3) is 0 Å². The Morgan fingerprint density at radius 2 is 1.92 bits per heavy atom. The molecule has 0 saturated heterocycles. The second-order valence-electron chi connectivity index (χ2n) is 4.27. The largest absolute Gasteiger partial charge is 0.397 e. The van der Waals surface area contributed by atoms with E-state index in [0.717, 1.165) is 0 Å². The van der Waals surface area contributed by atoms with E-state index in [1.165, 1.54) is 10.6 Å². The Bertz CT molecular complexity index is 248. The average Bonchev–Trinajstić information content (AvgIpc) is 1.83. The summed E-state index contributed by atoms with van der Waals surface area (Å²) < 4.78 is 2.57. The van der Waals surface area contributed by atoms with Crippen molar-refractivity contribution in [1.82, 2.24) is 0 Å². The molecule has 0 aromatic carbocycles. The van der Waals surface area contributed by atoms with Crippen LogP contribution in [-0.2, 0) is 0 Å². The first-order valence-corrected chi connectivity index (χ1v) is 7.68. The van der Waals surface area contributed by atoms with Crippen molar-refractivity contribution < 1.29 is 4.24 Å². The summed E-state index contributed by atoms with van der Waals surface area (Å²) in [6, 6.07) is 0. The van der Waals surface area contributed by atoms with Crippen LogP contribution in [0.15, 0.2) is 11.0 Å². The number of hydrogen-bond donors (Lipinski definition) is 0. The normalized spacial score (nSPS) is 21.6. The summed E-state index contributed by atoms with van der Waals surface area (Å²) in [5.74, 6) is 0. The fraction of sp³-hybridized carbons (Fsp3) is 0.667. The summed E-state index contributed by atoms with van der Waals surface area (Å²) in [6.45, 7) is 11.3. The van der Waals surface area contributed by atoms with Crippen molar-refractivity contribution in [2.75, 3.05) is 0 Å². The van der Waals surface area contributed by atoms with Gasteiger partial charge in [0.15, 0.2) is 5.71 Å². The predicted molar refractivity (Wildman–Crippen MR) is 60.6 cm³/mol. The second-order valence-corrected chi connectivity index (χ2v) is 7.73. The first kappa shape index (κ1) is 10.1. The molecular formula is C9H18NSSi+. The maximum Gasteiger partial charge on any atom is 0.397 e. The van der Waals surface area contributed by atoms with Crippen LogP contribution in [0.4, 0.5) is 0 Å². The monoisotopic (exact) mass is 200 g/mol. The lowest BCUT2D eigenvalue weighted by Crippen LogP contribution is -2.39. The lowest BCUT2D eigenvalue weighted by molar-refractivity contribution is -0.464. The van der Waals surface area contributed by atoms with Crippen molar-refractivity contribution in [3.63, 3.8) is 0 Å². The van der Waals surface area contributed by atoms with Crippen molar-refractivity contribution in [2.24, 2.45) is 0 Å². The minimum absolute atomic E-state index is 0.132. The summed E-state index contributed by atoms with van der Waals surface area (Å²) in [4.78, 5) is 1.49. The minimum atomic E-state index is -0.132. The van der Waals surface area contributed by atoms with Crippen molar-refractivity contribution in [3.05, 3.63) is 11.0 Å². The fourth-order valence-electron chi connectivity index (χ4n) is 1.40. The molecule has 0 radical (unpaired) electrons. The summed E-state index contributed by atoms with van der Waals surface area (Å²) in [7, 11) is -0.132. The average molecular weight is 200 g/mol. The quantitative estimate of drug-likeness (QED) is 0.540. The fourth-order valence-corrected chi connectivity index (χ4v) is 5.69. The molecule has 0 saturated carbocycles. The molecule has 0 bridgehead atoms. The SMILES string of the molecule is CC1=CC(C)=[N+](C(C)(C)C)[SiH2]S1. The van der Waals surface area contributed by atoms with E-state index < -0.39 is 0 Å². The molecule has 3 heteroatoms. The molecule has 0 atom stereocenters. The van der Waals surface area contributed by atoms with Crippen LogP contribution in [0.5, 0.6) is 0 Å². The van der Waals surface area contributed by atoms with Crippen LogP contribution in [0, 0.1) is 0 Å². The smallest absolute Gasteiger partial charge is 0.299 e. The summed E-state index contributed by atoms with van der Waals surface area (Å²) in [5.41, 5.74) is 1.77. The van der Waals surface area contributed by atoms with Gasteiger partial charge in [0, 0.05) is 13.0 Å². The lowest BCUT2D eigenvalue weighted by Gasteiger charge is -2.23. The first-order chi connectivity index (χ1) is 5.41. The third-order valence-corrected chi connectivity index (χ3v) is 7.00. The maximum absolute atomic E-state index is 2.57. The molecule has 1 aliphatic rings. The molecule has 1 nitrogen and oxygen atoms in total. The zero-order valence-electron chi connectivity index (χ0n) is 8.64. The molecule has 0 aromatic heterocycles. The number of rotatable bonds is 0. The van der Waals surface area contributed by atoms with Gasteiger partial charge < -0.3 is 0 Å². The van der Waals surface area contributed by atoms with E-state index in [-0.39, 0.29) is 8.83 Å². The molecule has 1 aliphatic heterocycles. The minimum Gasteiger partial charge on any atom is -0.299 e. The molecule has 0 fully saturated rings. The molecule has 0 aromatic rings. The van der Waals surface area contributed by atoms with Gasteiger partial charge in [0.1, 0.15) is 5.54 Å². The van der Waals surface area contributed by atoms with E-state index in [4.69, 9.17) is 0 Å². The van der Waals surface area contributed by atoms with E-state index in [1.54, 1.807) is 0 Å². The highest BCUT2D eigenvalue weighted by atomic mass is 32.4. The molecular weight excluding hydrogens is 182 g/mol. The predicted octanol–water partition coefficient (Wildman–Crippen LogP) is 1.91. The molecule has 0 spiro atoms. The number of allylic oxidation sites excluding steroid dienone is 2. The van der Waals surface area contributed by atoms with Gasteiger partial charge in [-0.2, -0.15) is 0 Å². The Kier molecular flexibility index (Phi) is 2.83. The van der Waals surface area contributed by atoms with Gasteiger partial charge in [0.2, 0.25) is 0 Å². The van der Waals surface area contributed by atoms with Gasteiger partial charge in [-0.3, -0.25) is 4.24 Å². The summed E-state index contributed by atoms with van der Waals surface area (Å²) >= 11 is 2.06. The molecule has 12 heavy (non-hydrogen) atoms. The Morgan fingerprint density at radius 1 is 1.33 bits per heavy atom. The Labute approximate surface area is 81.5 Å². The van der Waals surface area contributed by atoms with Crippen molar-refractivity contribution in [1.29, 1.82) is 0 Å². The lowest BCUT2D eigenvalue weighted by atomic mass is 10.1. The summed E-state index contributed by atoms with van der Waals surface area (Å²) in [5, 5.41) is 0. The topological polar surface area (TPSA) is 3.01 Å². The zero-order valence-corrected chi connectivity index (χ0v) is 10.9. The molecule has 1 heterocycles. The van der Waals surface area contributed by atoms with Gasteiger partial charge in [-0.25, -0.2) is 0 Å². The molecule has 0 N–H and O–H groups in total.